The van der Waals surface area contributed by atoms with Gasteiger partial charge < -0.3 is 15.2 Å². The van der Waals surface area contributed by atoms with Crippen LogP contribution >= 0.6 is 0 Å². The van der Waals surface area contributed by atoms with E-state index in [9.17, 15) is 14.9 Å². The number of carbonyl (C=O) groups excluding carboxylic acids is 1. The highest BCUT2D eigenvalue weighted by atomic mass is 16.6. The smallest absolute Gasteiger partial charge is 0.293 e. The Hall–Kier alpha value is -4.20. The fourth-order valence-electron chi connectivity index (χ4n) is 3.50. The monoisotopic (exact) mass is 415 g/mol. The van der Waals surface area contributed by atoms with Crippen LogP contribution in [0.4, 0.5) is 17.1 Å². The number of hydrogen-bond acceptors (Lipinski definition) is 5. The van der Waals surface area contributed by atoms with Crippen molar-refractivity contribution >= 4 is 34.0 Å². The van der Waals surface area contributed by atoms with Gasteiger partial charge in [0.25, 0.3) is 11.6 Å². The predicted octanol–water partition coefficient (Wildman–Crippen LogP) is 4.72. The Kier molecular flexibility index (Phi) is 5.36. The van der Waals surface area contributed by atoms with Gasteiger partial charge in [-0.25, -0.2) is 4.98 Å². The molecule has 8 nitrogen and oxygen atoms in total. The molecule has 3 aromatic carbocycles. The molecule has 31 heavy (non-hydrogen) atoms. The molecule has 1 heterocycles. The van der Waals surface area contributed by atoms with E-state index in [1.807, 2.05) is 73.1 Å². The lowest BCUT2D eigenvalue weighted by atomic mass is 10.1. The number of nitro benzene ring substituents is 1. The summed E-state index contributed by atoms with van der Waals surface area (Å²) in [6, 6.07) is 20.9. The maximum absolute atomic E-state index is 12.8. The molecule has 0 radical (unpaired) electrons. The number of fused-ring (bicyclic) bond motifs is 1. The number of hydrogen-bond donors (Lipinski definition) is 2. The van der Waals surface area contributed by atoms with Crippen LogP contribution in [0.3, 0.4) is 0 Å². The van der Waals surface area contributed by atoms with Gasteiger partial charge in [0.1, 0.15) is 11.5 Å². The SMILES string of the molecule is C[C@H](NC(=O)c1ccc(Nc2ccccc2)c([N+](=O)[O-])c1)c1nc2ccccc2n1C. The van der Waals surface area contributed by atoms with Gasteiger partial charge in [0.05, 0.1) is 22.0 Å². The molecule has 1 amide bonds. The highest BCUT2D eigenvalue weighted by molar-refractivity contribution is 5.96. The van der Waals surface area contributed by atoms with Gasteiger partial charge in [0.15, 0.2) is 0 Å². The lowest BCUT2D eigenvalue weighted by molar-refractivity contribution is -0.383. The topological polar surface area (TPSA) is 102 Å². The lowest BCUT2D eigenvalue weighted by Gasteiger charge is -2.14. The van der Waals surface area contributed by atoms with Gasteiger partial charge in [-0.2, -0.15) is 0 Å². The summed E-state index contributed by atoms with van der Waals surface area (Å²) in [6.07, 6.45) is 0. The Morgan fingerprint density at radius 1 is 1.06 bits per heavy atom. The summed E-state index contributed by atoms with van der Waals surface area (Å²) in [6.45, 7) is 1.83. The third-order valence-electron chi connectivity index (χ3n) is 5.07. The molecule has 1 aromatic heterocycles. The fraction of sp³-hybridized carbons (Fsp3) is 0.130. The zero-order valence-corrected chi connectivity index (χ0v) is 17.1. The van der Waals surface area contributed by atoms with E-state index in [4.69, 9.17) is 0 Å². The average Bonchev–Trinajstić information content (AvgIpc) is 3.11. The zero-order valence-electron chi connectivity index (χ0n) is 17.1. The van der Waals surface area contributed by atoms with E-state index in [-0.39, 0.29) is 17.3 Å². The van der Waals surface area contributed by atoms with Crippen molar-refractivity contribution in [1.82, 2.24) is 14.9 Å². The van der Waals surface area contributed by atoms with Crippen LogP contribution in [0.1, 0.15) is 29.1 Å². The summed E-state index contributed by atoms with van der Waals surface area (Å²) in [4.78, 5) is 28.5. The molecule has 0 fully saturated rings. The van der Waals surface area contributed by atoms with E-state index in [1.54, 1.807) is 12.1 Å². The van der Waals surface area contributed by atoms with Gasteiger partial charge in [-0.1, -0.05) is 30.3 Å². The third-order valence-corrected chi connectivity index (χ3v) is 5.07. The van der Waals surface area contributed by atoms with Crippen LogP contribution in [-0.4, -0.2) is 20.4 Å². The van der Waals surface area contributed by atoms with E-state index >= 15 is 0 Å². The fourth-order valence-corrected chi connectivity index (χ4v) is 3.50. The quantitative estimate of drug-likeness (QED) is 0.351. The lowest BCUT2D eigenvalue weighted by Crippen LogP contribution is -2.28. The molecule has 0 aliphatic heterocycles. The normalized spacial score (nSPS) is 11.8. The molecule has 0 spiro atoms. The summed E-state index contributed by atoms with van der Waals surface area (Å²) in [5, 5.41) is 17.5. The molecule has 1 atom stereocenters. The van der Waals surface area contributed by atoms with E-state index < -0.39 is 10.8 Å². The van der Waals surface area contributed by atoms with Gasteiger partial charge in [0, 0.05) is 24.4 Å². The summed E-state index contributed by atoms with van der Waals surface area (Å²) < 4.78 is 1.93. The molecule has 0 saturated carbocycles. The molecular formula is C23H21N5O3. The standard InChI is InChI=1S/C23H21N5O3/c1-15(22-26-18-10-6-7-11-20(18)27(22)2)24-23(29)16-12-13-19(21(14-16)28(30)31)25-17-8-4-3-5-9-17/h3-15,25H,1-2H3,(H,24,29)/t15-/m0/s1. The second-order valence-electron chi connectivity index (χ2n) is 7.19. The maximum Gasteiger partial charge on any atom is 0.293 e. The number of para-hydroxylation sites is 3. The first-order chi connectivity index (χ1) is 14.9. The predicted molar refractivity (Wildman–Crippen MR) is 119 cm³/mol. The summed E-state index contributed by atoms with van der Waals surface area (Å²) >= 11 is 0. The van der Waals surface area contributed by atoms with Gasteiger partial charge in [-0.05, 0) is 43.3 Å². The minimum Gasteiger partial charge on any atom is -0.350 e. The second kappa shape index (κ2) is 8.27. The molecule has 8 heteroatoms. The number of imidazole rings is 1. The number of carbonyl (C=O) groups is 1. The first kappa shape index (κ1) is 20.1. The van der Waals surface area contributed by atoms with E-state index in [0.29, 0.717) is 11.5 Å². The molecule has 2 N–H and O–H groups in total. The van der Waals surface area contributed by atoms with Crippen molar-refractivity contribution in [2.45, 2.75) is 13.0 Å². The van der Waals surface area contributed by atoms with Crippen molar-refractivity contribution in [3.05, 3.63) is 94.3 Å². The van der Waals surface area contributed by atoms with E-state index in [0.717, 1.165) is 16.7 Å². The van der Waals surface area contributed by atoms with E-state index in [1.165, 1.54) is 6.07 Å². The Morgan fingerprint density at radius 3 is 2.48 bits per heavy atom. The number of amides is 1. The zero-order chi connectivity index (χ0) is 22.0. The number of anilines is 2. The summed E-state index contributed by atoms with van der Waals surface area (Å²) in [5.74, 6) is 0.292. The van der Waals surface area contributed by atoms with Crippen LogP contribution in [0, 0.1) is 10.1 Å². The molecule has 0 bridgehead atoms. The Bertz CT molecular complexity index is 1270. The molecule has 4 rings (SSSR count). The number of nitrogens with zero attached hydrogens (tertiary/aromatic N) is 3. The highest BCUT2D eigenvalue weighted by Crippen LogP contribution is 2.29. The first-order valence-electron chi connectivity index (χ1n) is 9.77. The van der Waals surface area contributed by atoms with Crippen molar-refractivity contribution in [1.29, 1.82) is 0 Å². The Balaban J connectivity index is 1.57. The number of aryl methyl sites for hydroxylation is 1. The minimum atomic E-state index is -0.503. The largest absolute Gasteiger partial charge is 0.350 e. The minimum absolute atomic E-state index is 0.174. The van der Waals surface area contributed by atoms with Crippen LogP contribution in [-0.2, 0) is 7.05 Å². The van der Waals surface area contributed by atoms with Gasteiger partial charge in [-0.15, -0.1) is 0 Å². The van der Waals surface area contributed by atoms with Gasteiger partial charge >= 0.3 is 0 Å². The average molecular weight is 415 g/mol. The van der Waals surface area contributed by atoms with Crippen LogP contribution in [0.25, 0.3) is 11.0 Å². The summed E-state index contributed by atoms with van der Waals surface area (Å²) in [5.41, 5.74) is 2.87. The molecule has 156 valence electrons. The highest BCUT2D eigenvalue weighted by Gasteiger charge is 2.21. The van der Waals surface area contributed by atoms with Crippen molar-refractivity contribution < 1.29 is 9.72 Å². The number of aromatic nitrogens is 2. The maximum atomic E-state index is 12.8. The van der Waals surface area contributed by atoms with Gasteiger partial charge in [-0.3, -0.25) is 14.9 Å². The second-order valence-corrected chi connectivity index (χ2v) is 7.19. The van der Waals surface area contributed by atoms with E-state index in [2.05, 4.69) is 15.6 Å². The summed E-state index contributed by atoms with van der Waals surface area (Å²) in [7, 11) is 1.89. The number of nitrogens with one attached hydrogen (secondary N) is 2. The van der Waals surface area contributed by atoms with Crippen LogP contribution in [0.5, 0.6) is 0 Å². The number of rotatable bonds is 6. The van der Waals surface area contributed by atoms with Crippen molar-refractivity contribution in [3.8, 4) is 0 Å². The molecule has 0 unspecified atom stereocenters. The van der Waals surface area contributed by atoms with Crippen molar-refractivity contribution in [2.24, 2.45) is 7.05 Å². The molecular weight excluding hydrogens is 394 g/mol. The first-order valence-corrected chi connectivity index (χ1v) is 9.77. The van der Waals surface area contributed by atoms with Crippen molar-refractivity contribution in [2.75, 3.05) is 5.32 Å². The Labute approximate surface area is 178 Å². The Morgan fingerprint density at radius 2 is 1.77 bits per heavy atom. The number of nitro groups is 1. The number of benzene rings is 3. The van der Waals surface area contributed by atoms with Crippen LogP contribution in [0.15, 0.2) is 72.8 Å². The third kappa shape index (κ3) is 4.09. The molecule has 0 saturated heterocycles. The molecule has 0 aliphatic rings. The molecule has 0 aliphatic carbocycles. The van der Waals surface area contributed by atoms with Gasteiger partial charge in [0.2, 0.25) is 0 Å². The van der Waals surface area contributed by atoms with Crippen molar-refractivity contribution in [3.63, 3.8) is 0 Å². The molecule has 4 aromatic rings. The van der Waals surface area contributed by atoms with Crippen LogP contribution < -0.4 is 10.6 Å². The van der Waals surface area contributed by atoms with Crippen LogP contribution in [0.2, 0.25) is 0 Å².